The van der Waals surface area contributed by atoms with E-state index >= 15 is 0 Å². The molecule has 0 saturated carbocycles. The van der Waals surface area contributed by atoms with Gasteiger partial charge in [-0.15, -0.1) is 0 Å². The summed E-state index contributed by atoms with van der Waals surface area (Å²) in [5.74, 6) is -0.298. The number of amides is 1. The molecule has 0 radical (unpaired) electrons. The minimum absolute atomic E-state index is 0.106. The van der Waals surface area contributed by atoms with Crippen molar-refractivity contribution in [2.75, 3.05) is 6.54 Å². The molecule has 3 heteroatoms. The zero-order chi connectivity index (χ0) is 13.7. The fraction of sp³-hybridized carbons (Fsp3) is 0.188. The van der Waals surface area contributed by atoms with Crippen molar-refractivity contribution in [2.45, 2.75) is 13.0 Å². The van der Waals surface area contributed by atoms with E-state index in [1.54, 1.807) is 0 Å². The number of nitrogens with two attached hydrogens (primary N) is 2. The smallest absolute Gasteiger partial charge is 0.272 e. The first-order chi connectivity index (χ1) is 9.16. The summed E-state index contributed by atoms with van der Waals surface area (Å²) >= 11 is 0. The molecule has 4 N–H and O–H groups in total. The normalized spacial score (nSPS) is 12.1. The monoisotopic (exact) mass is 255 g/mol. The summed E-state index contributed by atoms with van der Waals surface area (Å²) in [6, 6.07) is 18.6. The van der Waals surface area contributed by atoms with Gasteiger partial charge >= 0.3 is 0 Å². The van der Waals surface area contributed by atoms with Crippen molar-refractivity contribution >= 4 is 5.91 Å². The van der Waals surface area contributed by atoms with Crippen LogP contribution in [0, 0.1) is 6.92 Å². The van der Waals surface area contributed by atoms with E-state index in [0.29, 0.717) is 0 Å². The standard InChI is InChI=1S/C16H18N2O/c1-12-7-9-14(10-8-12)16(18-11-15(17)19)13-5-3-2-4-6-13/h2-10,16,18H,11H2,1H3,(H2,17,19)/p+1/t16-/m0/s1. The van der Waals surface area contributed by atoms with E-state index in [1.165, 1.54) is 16.7 Å². The van der Waals surface area contributed by atoms with Crippen molar-refractivity contribution in [3.8, 4) is 0 Å². The summed E-state index contributed by atoms with van der Waals surface area (Å²) in [7, 11) is 0. The van der Waals surface area contributed by atoms with E-state index < -0.39 is 0 Å². The first-order valence-corrected chi connectivity index (χ1v) is 6.40. The molecule has 2 aromatic rings. The molecule has 0 spiro atoms. The van der Waals surface area contributed by atoms with Gasteiger partial charge in [-0.25, -0.2) is 0 Å². The van der Waals surface area contributed by atoms with Crippen LogP contribution in [-0.4, -0.2) is 12.5 Å². The molecule has 1 atom stereocenters. The third kappa shape index (κ3) is 3.66. The van der Waals surface area contributed by atoms with E-state index in [1.807, 2.05) is 23.5 Å². The first-order valence-electron chi connectivity index (χ1n) is 6.40. The predicted octanol–water partition coefficient (Wildman–Crippen LogP) is 1.13. The number of benzene rings is 2. The van der Waals surface area contributed by atoms with Crippen LogP contribution in [0.1, 0.15) is 22.7 Å². The van der Waals surface area contributed by atoms with Crippen LogP contribution in [0.4, 0.5) is 0 Å². The van der Waals surface area contributed by atoms with E-state index in [0.717, 1.165) is 0 Å². The number of aryl methyl sites for hydroxylation is 1. The van der Waals surface area contributed by atoms with Crippen LogP contribution < -0.4 is 11.1 Å². The van der Waals surface area contributed by atoms with Gasteiger partial charge in [-0.1, -0.05) is 60.2 Å². The van der Waals surface area contributed by atoms with Crippen molar-refractivity contribution in [2.24, 2.45) is 5.73 Å². The second-order valence-electron chi connectivity index (χ2n) is 4.71. The van der Waals surface area contributed by atoms with Gasteiger partial charge in [0, 0.05) is 11.1 Å². The SMILES string of the molecule is Cc1ccc([C@@H]([NH2+]CC(N)=O)c2ccccc2)cc1. The largest absolute Gasteiger partial charge is 0.365 e. The summed E-state index contributed by atoms with van der Waals surface area (Å²) in [6.07, 6.45) is 0. The topological polar surface area (TPSA) is 59.7 Å². The van der Waals surface area contributed by atoms with Crippen LogP contribution >= 0.6 is 0 Å². The Kier molecular flexibility index (Phi) is 4.31. The molecule has 0 aliphatic heterocycles. The lowest BCUT2D eigenvalue weighted by Gasteiger charge is -2.16. The Morgan fingerprint density at radius 3 is 2.21 bits per heavy atom. The number of carbonyl (C=O) groups excluding carboxylic acids is 1. The summed E-state index contributed by atoms with van der Waals surface area (Å²) in [6.45, 7) is 2.35. The summed E-state index contributed by atoms with van der Waals surface area (Å²) in [4.78, 5) is 11.0. The Morgan fingerprint density at radius 1 is 1.05 bits per heavy atom. The summed E-state index contributed by atoms with van der Waals surface area (Å²) in [5.41, 5.74) is 8.83. The van der Waals surface area contributed by atoms with Crippen LogP contribution in [0.5, 0.6) is 0 Å². The van der Waals surface area contributed by atoms with Crippen molar-refractivity contribution in [1.82, 2.24) is 0 Å². The average molecular weight is 255 g/mol. The van der Waals surface area contributed by atoms with E-state index in [4.69, 9.17) is 5.73 Å². The highest BCUT2D eigenvalue weighted by Gasteiger charge is 2.17. The molecule has 2 rings (SSSR count). The molecular formula is C16H19N2O+. The lowest BCUT2D eigenvalue weighted by Crippen LogP contribution is -2.87. The molecule has 3 nitrogen and oxygen atoms in total. The third-order valence-corrected chi connectivity index (χ3v) is 3.15. The maximum absolute atomic E-state index is 11.0. The zero-order valence-corrected chi connectivity index (χ0v) is 11.0. The molecule has 2 aromatic carbocycles. The van der Waals surface area contributed by atoms with Crippen LogP contribution in [-0.2, 0) is 4.79 Å². The minimum Gasteiger partial charge on any atom is -0.365 e. The van der Waals surface area contributed by atoms with Gasteiger partial charge in [-0.2, -0.15) is 0 Å². The summed E-state index contributed by atoms with van der Waals surface area (Å²) < 4.78 is 0. The number of hydrogen-bond acceptors (Lipinski definition) is 1. The fourth-order valence-electron chi connectivity index (χ4n) is 2.13. The van der Waals surface area contributed by atoms with Gasteiger partial charge in [-0.05, 0) is 6.92 Å². The quantitative estimate of drug-likeness (QED) is 0.827. The highest BCUT2D eigenvalue weighted by atomic mass is 16.1. The van der Waals surface area contributed by atoms with E-state index in [-0.39, 0.29) is 18.5 Å². The molecule has 0 bridgehead atoms. The van der Waals surface area contributed by atoms with Crippen molar-refractivity contribution in [3.05, 3.63) is 71.3 Å². The second kappa shape index (κ2) is 6.16. The van der Waals surface area contributed by atoms with Crippen molar-refractivity contribution in [3.63, 3.8) is 0 Å². The molecule has 0 aromatic heterocycles. The van der Waals surface area contributed by atoms with Crippen LogP contribution in [0.2, 0.25) is 0 Å². The molecule has 0 saturated heterocycles. The Bertz CT molecular complexity index is 534. The first kappa shape index (κ1) is 13.3. The third-order valence-electron chi connectivity index (χ3n) is 3.15. The second-order valence-corrected chi connectivity index (χ2v) is 4.71. The zero-order valence-electron chi connectivity index (χ0n) is 11.0. The maximum Gasteiger partial charge on any atom is 0.272 e. The minimum atomic E-state index is -0.298. The lowest BCUT2D eigenvalue weighted by molar-refractivity contribution is -0.676. The molecule has 1 amide bonds. The van der Waals surface area contributed by atoms with Gasteiger partial charge in [-0.3, -0.25) is 4.79 Å². The predicted molar refractivity (Wildman–Crippen MR) is 75.5 cm³/mol. The van der Waals surface area contributed by atoms with Crippen LogP contribution in [0.3, 0.4) is 0 Å². The van der Waals surface area contributed by atoms with Gasteiger partial charge in [0.1, 0.15) is 6.04 Å². The molecule has 0 unspecified atom stereocenters. The van der Waals surface area contributed by atoms with Gasteiger partial charge in [0.05, 0.1) is 0 Å². The van der Waals surface area contributed by atoms with E-state index in [9.17, 15) is 4.79 Å². The highest BCUT2D eigenvalue weighted by Crippen LogP contribution is 2.18. The molecular weight excluding hydrogens is 236 g/mol. The maximum atomic E-state index is 11.0. The van der Waals surface area contributed by atoms with Crippen LogP contribution in [0.25, 0.3) is 0 Å². The molecule has 19 heavy (non-hydrogen) atoms. The summed E-state index contributed by atoms with van der Waals surface area (Å²) in [5, 5.41) is 1.97. The molecule has 98 valence electrons. The number of rotatable bonds is 5. The van der Waals surface area contributed by atoms with Gasteiger partial charge < -0.3 is 11.1 Å². The Balaban J connectivity index is 2.28. The Hall–Kier alpha value is -2.13. The molecule has 0 aliphatic rings. The van der Waals surface area contributed by atoms with Gasteiger partial charge in [0.15, 0.2) is 6.54 Å². The fourth-order valence-corrected chi connectivity index (χ4v) is 2.13. The van der Waals surface area contributed by atoms with Crippen LogP contribution in [0.15, 0.2) is 54.6 Å². The van der Waals surface area contributed by atoms with Crippen molar-refractivity contribution < 1.29 is 10.1 Å². The lowest BCUT2D eigenvalue weighted by atomic mass is 9.98. The highest BCUT2D eigenvalue weighted by molar-refractivity contribution is 5.74. The van der Waals surface area contributed by atoms with Gasteiger partial charge in [0.25, 0.3) is 5.91 Å². The number of quaternary nitrogens is 1. The molecule has 0 fully saturated rings. The Labute approximate surface area is 113 Å². The average Bonchev–Trinajstić information content (AvgIpc) is 2.42. The number of carbonyl (C=O) groups is 1. The number of primary amides is 1. The van der Waals surface area contributed by atoms with Crippen molar-refractivity contribution in [1.29, 1.82) is 0 Å². The molecule has 0 aliphatic carbocycles. The van der Waals surface area contributed by atoms with E-state index in [2.05, 4.69) is 43.3 Å². The Morgan fingerprint density at radius 2 is 1.63 bits per heavy atom. The van der Waals surface area contributed by atoms with Gasteiger partial charge in [0.2, 0.25) is 0 Å². The molecule has 0 heterocycles. The number of hydrogen-bond donors (Lipinski definition) is 2.